The molecule has 0 saturated carbocycles. The van der Waals surface area contributed by atoms with E-state index in [9.17, 15) is 0 Å². The maximum atomic E-state index is 4.18. The number of hydrogen-bond acceptors (Lipinski definition) is 3. The van der Waals surface area contributed by atoms with Gasteiger partial charge in [0.25, 0.3) is 0 Å². The van der Waals surface area contributed by atoms with Crippen molar-refractivity contribution in [3.05, 3.63) is 41.6 Å². The molecule has 1 unspecified atom stereocenters. The number of hydrogen-bond donors (Lipinski definition) is 2. The monoisotopic (exact) mass is 204 g/mol. The van der Waals surface area contributed by atoms with Crippen LogP contribution in [0.5, 0.6) is 0 Å². The molecule has 0 saturated heterocycles. The van der Waals surface area contributed by atoms with Gasteiger partial charge in [-0.05, 0) is 12.5 Å². The van der Waals surface area contributed by atoms with Crippen molar-refractivity contribution in [2.45, 2.75) is 12.4 Å². The highest BCUT2D eigenvalue weighted by molar-refractivity contribution is 7.80. The van der Waals surface area contributed by atoms with Crippen LogP contribution in [0.2, 0.25) is 0 Å². The first-order chi connectivity index (χ1) is 6.75. The van der Waals surface area contributed by atoms with Crippen molar-refractivity contribution in [3.63, 3.8) is 0 Å². The van der Waals surface area contributed by atoms with E-state index in [4.69, 9.17) is 0 Å². The third-order valence-corrected chi connectivity index (χ3v) is 2.41. The number of rotatable bonds is 1. The summed E-state index contributed by atoms with van der Waals surface area (Å²) >= 11 is 4.18. The van der Waals surface area contributed by atoms with Crippen molar-refractivity contribution in [1.82, 2.24) is 5.32 Å². The topological polar surface area (TPSA) is 24.4 Å². The molecule has 1 aliphatic rings. The van der Waals surface area contributed by atoms with E-state index in [2.05, 4.69) is 54.1 Å². The van der Waals surface area contributed by atoms with Crippen molar-refractivity contribution in [1.29, 1.82) is 0 Å². The van der Waals surface area contributed by atoms with Crippen molar-refractivity contribution in [2.75, 3.05) is 0 Å². The molecule has 1 aromatic rings. The largest absolute Gasteiger partial charge is 0.361 e. The Hall–Kier alpha value is -1.22. The van der Waals surface area contributed by atoms with Crippen LogP contribution in [0.4, 0.5) is 0 Å². The maximum Gasteiger partial charge on any atom is 0.163 e. The Balaban J connectivity index is 2.24. The van der Waals surface area contributed by atoms with Gasteiger partial charge in [0.15, 0.2) is 5.50 Å². The van der Waals surface area contributed by atoms with Gasteiger partial charge in [-0.2, -0.15) is 0 Å². The van der Waals surface area contributed by atoms with Gasteiger partial charge in [-0.15, -0.1) is 12.6 Å². The lowest BCUT2D eigenvalue weighted by atomic mass is 10.1. The molecule has 0 spiro atoms. The molecule has 0 aromatic heterocycles. The fourth-order valence-electron chi connectivity index (χ4n) is 1.30. The molecule has 14 heavy (non-hydrogen) atoms. The van der Waals surface area contributed by atoms with Crippen LogP contribution in [0, 0.1) is 6.92 Å². The van der Waals surface area contributed by atoms with Gasteiger partial charge < -0.3 is 5.32 Å². The van der Waals surface area contributed by atoms with E-state index in [1.54, 1.807) is 0 Å². The zero-order valence-corrected chi connectivity index (χ0v) is 8.83. The fourth-order valence-corrected chi connectivity index (χ4v) is 1.44. The second-order valence-corrected chi connectivity index (χ2v) is 3.77. The summed E-state index contributed by atoms with van der Waals surface area (Å²) in [6.45, 7) is 2.08. The summed E-state index contributed by atoms with van der Waals surface area (Å²) in [5.41, 5.74) is 3.42. The Morgan fingerprint density at radius 2 is 2.00 bits per heavy atom. The number of aryl methyl sites for hydroxylation is 1. The zero-order valence-electron chi connectivity index (χ0n) is 7.94. The predicted molar refractivity (Wildman–Crippen MR) is 63.6 cm³/mol. The highest BCUT2D eigenvalue weighted by atomic mass is 32.1. The summed E-state index contributed by atoms with van der Waals surface area (Å²) < 4.78 is 0. The smallest absolute Gasteiger partial charge is 0.163 e. The highest BCUT2D eigenvalue weighted by Gasteiger charge is 2.05. The summed E-state index contributed by atoms with van der Waals surface area (Å²) in [7, 11) is 0. The van der Waals surface area contributed by atoms with Crippen molar-refractivity contribution in [2.24, 2.45) is 4.99 Å². The van der Waals surface area contributed by atoms with Gasteiger partial charge >= 0.3 is 0 Å². The van der Waals surface area contributed by atoms with Gasteiger partial charge in [0.1, 0.15) is 0 Å². The molecule has 1 aromatic carbocycles. The van der Waals surface area contributed by atoms with Gasteiger partial charge in [0.2, 0.25) is 0 Å². The molecule has 72 valence electrons. The minimum Gasteiger partial charge on any atom is -0.361 e. The Morgan fingerprint density at radius 3 is 2.57 bits per heavy atom. The van der Waals surface area contributed by atoms with E-state index in [0.717, 1.165) is 5.57 Å². The molecule has 1 atom stereocenters. The highest BCUT2D eigenvalue weighted by Crippen LogP contribution is 2.15. The van der Waals surface area contributed by atoms with Gasteiger partial charge in [-0.25, -0.2) is 0 Å². The first-order valence-corrected chi connectivity index (χ1v) is 5.02. The molecule has 1 heterocycles. The third kappa shape index (κ3) is 1.99. The lowest BCUT2D eigenvalue weighted by Gasteiger charge is -2.13. The van der Waals surface area contributed by atoms with Crippen LogP contribution >= 0.6 is 12.6 Å². The average Bonchev–Trinajstić information content (AvgIpc) is 2.21. The molecule has 2 rings (SSSR count). The molecule has 0 aliphatic carbocycles. The molecule has 0 bridgehead atoms. The van der Waals surface area contributed by atoms with E-state index in [1.807, 2.05) is 12.4 Å². The van der Waals surface area contributed by atoms with Crippen LogP contribution in [0.1, 0.15) is 11.1 Å². The third-order valence-electron chi connectivity index (χ3n) is 2.13. The van der Waals surface area contributed by atoms with Crippen LogP contribution in [0.3, 0.4) is 0 Å². The summed E-state index contributed by atoms with van der Waals surface area (Å²) in [4.78, 5) is 4.17. The van der Waals surface area contributed by atoms with E-state index in [1.165, 1.54) is 11.1 Å². The van der Waals surface area contributed by atoms with E-state index >= 15 is 0 Å². The van der Waals surface area contributed by atoms with E-state index in [0.29, 0.717) is 0 Å². The SMILES string of the molecule is Cc1ccc(C2=CNC(S)N=C2)cc1. The quantitative estimate of drug-likeness (QED) is 0.674. The summed E-state index contributed by atoms with van der Waals surface area (Å²) in [5, 5.41) is 3.05. The molecule has 3 heteroatoms. The first-order valence-electron chi connectivity index (χ1n) is 4.50. The van der Waals surface area contributed by atoms with Crippen LogP contribution in [-0.4, -0.2) is 11.7 Å². The summed E-state index contributed by atoms with van der Waals surface area (Å²) in [6.07, 6.45) is 3.79. The van der Waals surface area contributed by atoms with Crippen LogP contribution in [0.15, 0.2) is 35.5 Å². The van der Waals surface area contributed by atoms with Gasteiger partial charge in [0, 0.05) is 18.0 Å². The van der Waals surface area contributed by atoms with Crippen LogP contribution in [-0.2, 0) is 0 Å². The molecule has 2 nitrogen and oxygen atoms in total. The lowest BCUT2D eigenvalue weighted by molar-refractivity contribution is 0.826. The molecule has 1 N–H and O–H groups in total. The Kier molecular flexibility index (Phi) is 2.59. The second-order valence-electron chi connectivity index (χ2n) is 3.28. The number of nitrogens with one attached hydrogen (secondary N) is 1. The van der Waals surface area contributed by atoms with Crippen molar-refractivity contribution < 1.29 is 0 Å². The number of aliphatic imine (C=N–C) groups is 1. The molecule has 0 fully saturated rings. The molecule has 0 amide bonds. The van der Waals surface area contributed by atoms with E-state index in [-0.39, 0.29) is 5.50 Å². The Morgan fingerprint density at radius 1 is 1.29 bits per heavy atom. The predicted octanol–water partition coefficient (Wildman–Crippen LogP) is 2.22. The second kappa shape index (κ2) is 3.88. The minimum absolute atomic E-state index is 0.107. The Labute approximate surface area is 89.2 Å². The van der Waals surface area contributed by atoms with Crippen LogP contribution < -0.4 is 5.32 Å². The van der Waals surface area contributed by atoms with Crippen molar-refractivity contribution in [3.8, 4) is 0 Å². The number of nitrogens with zero attached hydrogens (tertiary/aromatic N) is 1. The van der Waals surface area contributed by atoms with Gasteiger partial charge in [-0.3, -0.25) is 4.99 Å². The minimum atomic E-state index is -0.107. The Bertz CT molecular complexity index is 379. The average molecular weight is 204 g/mol. The molecular weight excluding hydrogens is 192 g/mol. The maximum absolute atomic E-state index is 4.18. The molecular formula is C11H12N2S. The lowest BCUT2D eigenvalue weighted by Crippen LogP contribution is -2.19. The normalized spacial score (nSPS) is 20.1. The van der Waals surface area contributed by atoms with Crippen LogP contribution in [0.25, 0.3) is 5.57 Å². The number of benzene rings is 1. The zero-order chi connectivity index (χ0) is 9.97. The summed E-state index contributed by atoms with van der Waals surface area (Å²) in [6, 6.07) is 8.37. The fraction of sp³-hybridized carbons (Fsp3) is 0.182. The molecule has 0 radical (unpaired) electrons. The van der Waals surface area contributed by atoms with Crippen molar-refractivity contribution >= 4 is 24.4 Å². The van der Waals surface area contributed by atoms with Gasteiger partial charge in [0.05, 0.1) is 0 Å². The number of allylic oxidation sites excluding steroid dienone is 1. The van der Waals surface area contributed by atoms with Gasteiger partial charge in [-0.1, -0.05) is 29.8 Å². The first kappa shape index (κ1) is 9.34. The van der Waals surface area contributed by atoms with E-state index < -0.39 is 0 Å². The summed E-state index contributed by atoms with van der Waals surface area (Å²) in [5.74, 6) is 0. The standard InChI is InChI=1S/C11H12N2S/c1-8-2-4-9(5-3-8)10-6-12-11(14)13-7-10/h2-7,11-12,14H,1H3. The molecule has 1 aliphatic heterocycles. The number of thiol groups is 1.